The lowest BCUT2D eigenvalue weighted by Crippen LogP contribution is -2.33. The van der Waals surface area contributed by atoms with Crippen LogP contribution in [-0.4, -0.2) is 24.3 Å². The van der Waals surface area contributed by atoms with Gasteiger partial charge in [0.2, 0.25) is 5.91 Å². The van der Waals surface area contributed by atoms with Crippen LogP contribution in [0.4, 0.5) is 11.4 Å². The van der Waals surface area contributed by atoms with Crippen molar-refractivity contribution in [2.75, 3.05) is 17.2 Å². The molecule has 0 spiro atoms. The SMILES string of the molecule is Cc1cc(Br)ccc1NC(=O)CNC(=O)c1ccc(C)c(NC(=O)c2ccco2)c1. The molecule has 0 saturated heterocycles. The van der Waals surface area contributed by atoms with Gasteiger partial charge in [-0.1, -0.05) is 22.0 Å². The predicted octanol–water partition coefficient (Wildman–Crippen LogP) is 4.28. The molecule has 3 amide bonds. The summed E-state index contributed by atoms with van der Waals surface area (Å²) >= 11 is 3.37. The molecule has 154 valence electrons. The number of benzene rings is 2. The lowest BCUT2D eigenvalue weighted by Gasteiger charge is -2.11. The van der Waals surface area contributed by atoms with E-state index in [-0.39, 0.29) is 18.2 Å². The Morgan fingerprint density at radius 2 is 1.70 bits per heavy atom. The van der Waals surface area contributed by atoms with Crippen molar-refractivity contribution in [2.45, 2.75) is 13.8 Å². The molecule has 0 aliphatic heterocycles. The summed E-state index contributed by atoms with van der Waals surface area (Å²) in [6, 6.07) is 13.6. The number of hydrogen-bond acceptors (Lipinski definition) is 4. The molecule has 3 rings (SSSR count). The standard InChI is InChI=1S/C22H20BrN3O4/c1-13-5-6-15(11-18(13)26-22(29)19-4-3-9-30-19)21(28)24-12-20(27)25-17-8-7-16(23)10-14(17)2/h3-11H,12H2,1-2H3,(H,24,28)(H,25,27)(H,26,29). The van der Waals surface area contributed by atoms with Crippen molar-refractivity contribution in [3.05, 3.63) is 81.7 Å². The van der Waals surface area contributed by atoms with Crippen molar-refractivity contribution in [1.29, 1.82) is 0 Å². The molecule has 1 aromatic heterocycles. The second-order valence-corrected chi connectivity index (χ2v) is 7.57. The van der Waals surface area contributed by atoms with E-state index in [1.165, 1.54) is 6.26 Å². The molecule has 0 radical (unpaired) electrons. The van der Waals surface area contributed by atoms with Gasteiger partial charge in [-0.15, -0.1) is 0 Å². The van der Waals surface area contributed by atoms with Crippen molar-refractivity contribution in [2.24, 2.45) is 0 Å². The van der Waals surface area contributed by atoms with Crippen LogP contribution in [0.2, 0.25) is 0 Å². The van der Waals surface area contributed by atoms with Crippen LogP contribution in [0.5, 0.6) is 0 Å². The summed E-state index contributed by atoms with van der Waals surface area (Å²) in [4.78, 5) is 36.8. The zero-order chi connectivity index (χ0) is 21.7. The highest BCUT2D eigenvalue weighted by molar-refractivity contribution is 9.10. The van der Waals surface area contributed by atoms with Crippen molar-refractivity contribution < 1.29 is 18.8 Å². The molecule has 1 heterocycles. The molecule has 2 aromatic carbocycles. The number of halogens is 1. The maximum absolute atomic E-state index is 12.5. The van der Waals surface area contributed by atoms with E-state index in [0.29, 0.717) is 16.9 Å². The van der Waals surface area contributed by atoms with Crippen LogP contribution in [0.25, 0.3) is 0 Å². The zero-order valence-electron chi connectivity index (χ0n) is 16.4. The molecular weight excluding hydrogens is 450 g/mol. The van der Waals surface area contributed by atoms with E-state index in [1.54, 1.807) is 36.4 Å². The van der Waals surface area contributed by atoms with Gasteiger partial charge in [0.15, 0.2) is 5.76 Å². The highest BCUT2D eigenvalue weighted by Gasteiger charge is 2.14. The van der Waals surface area contributed by atoms with Gasteiger partial charge in [0.05, 0.1) is 12.8 Å². The quantitative estimate of drug-likeness (QED) is 0.501. The number of carbonyl (C=O) groups is 3. The van der Waals surface area contributed by atoms with Gasteiger partial charge in [-0.05, 0) is 67.4 Å². The van der Waals surface area contributed by atoms with Crippen LogP contribution >= 0.6 is 15.9 Å². The first-order chi connectivity index (χ1) is 14.3. The molecule has 0 unspecified atom stereocenters. The highest BCUT2D eigenvalue weighted by Crippen LogP contribution is 2.20. The lowest BCUT2D eigenvalue weighted by molar-refractivity contribution is -0.115. The Labute approximate surface area is 182 Å². The maximum atomic E-state index is 12.5. The van der Waals surface area contributed by atoms with E-state index >= 15 is 0 Å². The predicted molar refractivity (Wildman–Crippen MR) is 118 cm³/mol. The first kappa shape index (κ1) is 21.3. The number of anilines is 2. The molecule has 0 saturated carbocycles. The summed E-state index contributed by atoms with van der Waals surface area (Å²) in [6.07, 6.45) is 1.41. The Bertz CT molecular complexity index is 1090. The summed E-state index contributed by atoms with van der Waals surface area (Å²) < 4.78 is 5.99. The topological polar surface area (TPSA) is 100 Å². The van der Waals surface area contributed by atoms with E-state index in [0.717, 1.165) is 15.6 Å². The fourth-order valence-corrected chi connectivity index (χ4v) is 3.19. The van der Waals surface area contributed by atoms with Crippen LogP contribution in [0.3, 0.4) is 0 Å². The Balaban J connectivity index is 1.61. The Morgan fingerprint density at radius 1 is 0.900 bits per heavy atom. The second kappa shape index (κ2) is 9.41. The summed E-state index contributed by atoms with van der Waals surface area (Å²) in [7, 11) is 0. The highest BCUT2D eigenvalue weighted by atomic mass is 79.9. The van der Waals surface area contributed by atoms with E-state index in [4.69, 9.17) is 4.42 Å². The van der Waals surface area contributed by atoms with E-state index in [2.05, 4.69) is 31.9 Å². The summed E-state index contributed by atoms with van der Waals surface area (Å²) in [6.45, 7) is 3.51. The van der Waals surface area contributed by atoms with Gasteiger partial charge >= 0.3 is 0 Å². The fourth-order valence-electron chi connectivity index (χ4n) is 2.71. The number of furan rings is 1. The molecule has 3 N–H and O–H groups in total. The molecule has 3 aromatic rings. The normalized spacial score (nSPS) is 10.4. The molecule has 0 atom stereocenters. The molecule has 0 aliphatic carbocycles. The first-order valence-corrected chi connectivity index (χ1v) is 9.92. The average molecular weight is 470 g/mol. The minimum atomic E-state index is -0.425. The van der Waals surface area contributed by atoms with Gasteiger partial charge in [-0.2, -0.15) is 0 Å². The monoisotopic (exact) mass is 469 g/mol. The van der Waals surface area contributed by atoms with E-state index in [9.17, 15) is 14.4 Å². The molecule has 7 nitrogen and oxygen atoms in total. The molecule has 0 bridgehead atoms. The van der Waals surface area contributed by atoms with Crippen LogP contribution in [-0.2, 0) is 4.79 Å². The van der Waals surface area contributed by atoms with Crippen LogP contribution in [0.1, 0.15) is 32.0 Å². The number of carbonyl (C=O) groups excluding carboxylic acids is 3. The first-order valence-electron chi connectivity index (χ1n) is 9.13. The van der Waals surface area contributed by atoms with Crippen molar-refractivity contribution in [1.82, 2.24) is 5.32 Å². The van der Waals surface area contributed by atoms with Gasteiger partial charge in [0, 0.05) is 21.4 Å². The largest absolute Gasteiger partial charge is 0.459 e. The minimum Gasteiger partial charge on any atom is -0.459 e. The fraction of sp³-hybridized carbons (Fsp3) is 0.136. The van der Waals surface area contributed by atoms with Gasteiger partial charge in [-0.25, -0.2) is 0 Å². The van der Waals surface area contributed by atoms with Crippen molar-refractivity contribution in [3.63, 3.8) is 0 Å². The molecule has 0 fully saturated rings. The zero-order valence-corrected chi connectivity index (χ0v) is 18.0. The third-order valence-corrected chi connectivity index (χ3v) is 4.86. The molecule has 0 aliphatic rings. The van der Waals surface area contributed by atoms with Gasteiger partial charge < -0.3 is 20.4 Å². The maximum Gasteiger partial charge on any atom is 0.291 e. The number of rotatable bonds is 6. The average Bonchev–Trinajstić information content (AvgIpc) is 3.25. The summed E-state index contributed by atoms with van der Waals surface area (Å²) in [5, 5.41) is 8.07. The molecule has 30 heavy (non-hydrogen) atoms. The van der Waals surface area contributed by atoms with Gasteiger partial charge in [0.1, 0.15) is 0 Å². The third-order valence-electron chi connectivity index (χ3n) is 4.36. The molecular formula is C22H20BrN3O4. The Kier molecular flexibility index (Phi) is 6.68. The van der Waals surface area contributed by atoms with Crippen LogP contribution in [0.15, 0.2) is 63.7 Å². The third kappa shape index (κ3) is 5.36. The van der Waals surface area contributed by atoms with Gasteiger partial charge in [-0.3, -0.25) is 14.4 Å². The van der Waals surface area contributed by atoms with Crippen LogP contribution < -0.4 is 16.0 Å². The van der Waals surface area contributed by atoms with E-state index in [1.807, 2.05) is 26.0 Å². The summed E-state index contributed by atoms with van der Waals surface area (Å²) in [5.74, 6) is -1.01. The Hall–Kier alpha value is -3.39. The number of aryl methyl sites for hydroxylation is 2. The van der Waals surface area contributed by atoms with Crippen molar-refractivity contribution in [3.8, 4) is 0 Å². The smallest absolute Gasteiger partial charge is 0.291 e. The Morgan fingerprint density at radius 3 is 2.40 bits per heavy atom. The minimum absolute atomic E-state index is 0.171. The number of amides is 3. The van der Waals surface area contributed by atoms with E-state index < -0.39 is 11.8 Å². The van der Waals surface area contributed by atoms with Crippen molar-refractivity contribution >= 4 is 45.0 Å². The second-order valence-electron chi connectivity index (χ2n) is 6.65. The van der Waals surface area contributed by atoms with Crippen LogP contribution in [0, 0.1) is 13.8 Å². The number of nitrogens with one attached hydrogen (secondary N) is 3. The summed E-state index contributed by atoms with van der Waals surface area (Å²) in [5.41, 5.74) is 3.17. The lowest BCUT2D eigenvalue weighted by atomic mass is 10.1. The molecule has 8 heteroatoms. The number of hydrogen-bond donors (Lipinski definition) is 3. The van der Waals surface area contributed by atoms with Gasteiger partial charge in [0.25, 0.3) is 11.8 Å².